The Morgan fingerprint density at radius 1 is 1.62 bits per heavy atom. The van der Waals surface area contributed by atoms with Crippen LogP contribution >= 0.6 is 11.8 Å². The van der Waals surface area contributed by atoms with Gasteiger partial charge in [-0.3, -0.25) is 0 Å². The maximum atomic E-state index is 11.2. The predicted octanol–water partition coefficient (Wildman–Crippen LogP) is 2.52. The van der Waals surface area contributed by atoms with Gasteiger partial charge in [0.05, 0.1) is 0 Å². The molecule has 0 aromatic heterocycles. The van der Waals surface area contributed by atoms with E-state index in [-0.39, 0.29) is 0 Å². The molecule has 0 saturated carbocycles. The van der Waals surface area contributed by atoms with Crippen LogP contribution in [0.5, 0.6) is 0 Å². The standard InChI is InChI=1S/C5H8F2S/c1-8-4-2-3-5(6)7/h3H,2,4H2,1H3. The van der Waals surface area contributed by atoms with E-state index in [0.717, 1.165) is 11.8 Å². The average molecular weight is 138 g/mol. The van der Waals surface area contributed by atoms with Gasteiger partial charge in [-0.05, 0) is 24.5 Å². The van der Waals surface area contributed by atoms with Crippen LogP contribution in [0.2, 0.25) is 0 Å². The Kier molecular flexibility index (Phi) is 5.06. The minimum Gasteiger partial charge on any atom is -0.174 e. The zero-order valence-electron chi connectivity index (χ0n) is 4.66. The van der Waals surface area contributed by atoms with E-state index in [1.165, 1.54) is 0 Å². The first-order valence-corrected chi connectivity index (χ1v) is 3.67. The molecule has 0 fully saturated rings. The number of allylic oxidation sites excluding steroid dienone is 1. The van der Waals surface area contributed by atoms with Gasteiger partial charge in [-0.1, -0.05) is 0 Å². The Bertz CT molecular complexity index is 76.5. The third-order valence-corrected chi connectivity index (χ3v) is 1.26. The quantitative estimate of drug-likeness (QED) is 0.540. The van der Waals surface area contributed by atoms with Crippen LogP contribution in [-0.2, 0) is 0 Å². The Hall–Kier alpha value is -0.0500. The van der Waals surface area contributed by atoms with Gasteiger partial charge in [0, 0.05) is 0 Å². The first-order valence-electron chi connectivity index (χ1n) is 2.27. The van der Waals surface area contributed by atoms with Gasteiger partial charge in [-0.15, -0.1) is 0 Å². The molecular formula is C5H8F2S. The van der Waals surface area contributed by atoms with E-state index in [4.69, 9.17) is 0 Å². The maximum Gasteiger partial charge on any atom is 0.266 e. The normalized spacial score (nSPS) is 8.88. The molecule has 0 spiro atoms. The molecule has 0 N–H and O–H groups in total. The third kappa shape index (κ3) is 5.95. The molecule has 0 bridgehead atoms. The molecule has 0 rings (SSSR count). The first-order chi connectivity index (χ1) is 3.77. The second-order valence-corrected chi connectivity index (χ2v) is 2.26. The van der Waals surface area contributed by atoms with E-state index < -0.39 is 6.08 Å². The smallest absolute Gasteiger partial charge is 0.174 e. The fourth-order valence-corrected chi connectivity index (χ4v) is 0.639. The SMILES string of the molecule is CSCCC=C(F)F. The average Bonchev–Trinajstić information content (AvgIpc) is 1.66. The molecule has 0 atom stereocenters. The first kappa shape index (κ1) is 7.95. The summed E-state index contributed by atoms with van der Waals surface area (Å²) in [7, 11) is 0. The molecule has 0 saturated heterocycles. The summed E-state index contributed by atoms with van der Waals surface area (Å²) < 4.78 is 22.4. The molecule has 0 amide bonds. The van der Waals surface area contributed by atoms with Crippen LogP contribution in [0.15, 0.2) is 12.2 Å². The second-order valence-electron chi connectivity index (χ2n) is 1.28. The van der Waals surface area contributed by atoms with Gasteiger partial charge >= 0.3 is 0 Å². The van der Waals surface area contributed by atoms with Crippen LogP contribution in [0.1, 0.15) is 6.42 Å². The number of rotatable bonds is 3. The molecule has 0 unspecified atom stereocenters. The van der Waals surface area contributed by atoms with E-state index in [1.54, 1.807) is 11.8 Å². The molecule has 0 aliphatic rings. The van der Waals surface area contributed by atoms with Gasteiger partial charge in [0.25, 0.3) is 6.08 Å². The second kappa shape index (κ2) is 5.09. The molecule has 0 aromatic rings. The molecule has 0 aromatic carbocycles. The predicted molar refractivity (Wildman–Crippen MR) is 33.3 cm³/mol. The lowest BCUT2D eigenvalue weighted by Gasteiger charge is -1.84. The zero-order chi connectivity index (χ0) is 6.41. The molecule has 0 aliphatic heterocycles. The lowest BCUT2D eigenvalue weighted by atomic mass is 10.5. The van der Waals surface area contributed by atoms with Gasteiger partial charge in [-0.2, -0.15) is 20.5 Å². The summed E-state index contributed by atoms with van der Waals surface area (Å²) in [5.41, 5.74) is 0. The molecule has 0 heterocycles. The van der Waals surface area contributed by atoms with Crippen molar-refractivity contribution in [2.75, 3.05) is 12.0 Å². The molecule has 48 valence electrons. The van der Waals surface area contributed by atoms with Crippen molar-refractivity contribution in [3.63, 3.8) is 0 Å². The van der Waals surface area contributed by atoms with E-state index in [2.05, 4.69) is 0 Å². The number of hydrogen-bond acceptors (Lipinski definition) is 1. The Labute approximate surface area is 52.0 Å². The van der Waals surface area contributed by atoms with Crippen molar-refractivity contribution in [2.24, 2.45) is 0 Å². The van der Waals surface area contributed by atoms with Gasteiger partial charge < -0.3 is 0 Å². The molecule has 3 heteroatoms. The molecule has 0 aliphatic carbocycles. The van der Waals surface area contributed by atoms with E-state index >= 15 is 0 Å². The van der Waals surface area contributed by atoms with Gasteiger partial charge in [-0.25, -0.2) is 0 Å². The number of thioether (sulfide) groups is 1. The third-order valence-electron chi connectivity index (χ3n) is 0.621. The Morgan fingerprint density at radius 2 is 2.25 bits per heavy atom. The van der Waals surface area contributed by atoms with Gasteiger partial charge in [0.15, 0.2) is 0 Å². The van der Waals surface area contributed by atoms with Crippen molar-refractivity contribution in [3.8, 4) is 0 Å². The van der Waals surface area contributed by atoms with E-state index in [1.807, 2.05) is 6.26 Å². The fourth-order valence-electron chi connectivity index (χ4n) is 0.286. The largest absolute Gasteiger partial charge is 0.266 e. The summed E-state index contributed by atoms with van der Waals surface area (Å²) in [6.07, 6.45) is 1.74. The summed E-state index contributed by atoms with van der Waals surface area (Å²) in [5.74, 6) is 0.775. The van der Waals surface area contributed by atoms with E-state index in [0.29, 0.717) is 6.42 Å². The van der Waals surface area contributed by atoms with Crippen LogP contribution in [0, 0.1) is 0 Å². The summed E-state index contributed by atoms with van der Waals surface area (Å²) in [4.78, 5) is 0. The van der Waals surface area contributed by atoms with Crippen LogP contribution in [0.3, 0.4) is 0 Å². The molecule has 0 nitrogen and oxygen atoms in total. The fraction of sp³-hybridized carbons (Fsp3) is 0.600. The minimum absolute atomic E-state index is 0.476. The summed E-state index contributed by atoms with van der Waals surface area (Å²) in [6.45, 7) is 0. The van der Waals surface area contributed by atoms with Crippen molar-refractivity contribution in [1.82, 2.24) is 0 Å². The van der Waals surface area contributed by atoms with E-state index in [9.17, 15) is 8.78 Å². The molecular weight excluding hydrogens is 130 g/mol. The Morgan fingerprint density at radius 3 is 2.62 bits per heavy atom. The highest BCUT2D eigenvalue weighted by Gasteiger charge is 1.84. The zero-order valence-corrected chi connectivity index (χ0v) is 5.47. The van der Waals surface area contributed by atoms with Crippen LogP contribution in [-0.4, -0.2) is 12.0 Å². The number of hydrogen-bond donors (Lipinski definition) is 0. The molecule has 0 radical (unpaired) electrons. The maximum absolute atomic E-state index is 11.2. The van der Waals surface area contributed by atoms with Crippen molar-refractivity contribution >= 4 is 11.8 Å². The minimum atomic E-state index is -1.57. The monoisotopic (exact) mass is 138 g/mol. The van der Waals surface area contributed by atoms with Gasteiger partial charge in [0.2, 0.25) is 0 Å². The van der Waals surface area contributed by atoms with Crippen molar-refractivity contribution < 1.29 is 8.78 Å². The van der Waals surface area contributed by atoms with Crippen LogP contribution < -0.4 is 0 Å². The highest BCUT2D eigenvalue weighted by atomic mass is 32.2. The molecule has 8 heavy (non-hydrogen) atoms. The van der Waals surface area contributed by atoms with Gasteiger partial charge in [0.1, 0.15) is 0 Å². The highest BCUT2D eigenvalue weighted by Crippen LogP contribution is 2.02. The highest BCUT2D eigenvalue weighted by molar-refractivity contribution is 7.98. The Balaban J connectivity index is 3.03. The topological polar surface area (TPSA) is 0 Å². The number of halogens is 2. The van der Waals surface area contributed by atoms with Crippen molar-refractivity contribution in [3.05, 3.63) is 12.2 Å². The lowest BCUT2D eigenvalue weighted by molar-refractivity contribution is 0.418. The van der Waals surface area contributed by atoms with Crippen molar-refractivity contribution in [1.29, 1.82) is 0 Å². The van der Waals surface area contributed by atoms with Crippen molar-refractivity contribution in [2.45, 2.75) is 6.42 Å². The summed E-state index contributed by atoms with van der Waals surface area (Å²) in [6, 6.07) is 0. The summed E-state index contributed by atoms with van der Waals surface area (Å²) in [5, 5.41) is 0. The van der Waals surface area contributed by atoms with Crippen LogP contribution in [0.25, 0.3) is 0 Å². The lowest BCUT2D eigenvalue weighted by Crippen LogP contribution is -1.71. The van der Waals surface area contributed by atoms with Crippen LogP contribution in [0.4, 0.5) is 8.78 Å². The summed E-state index contributed by atoms with van der Waals surface area (Å²) >= 11 is 1.57.